The minimum Gasteiger partial charge on any atom is -0.497 e. The number of hydrogen-bond donors (Lipinski definition) is 1. The largest absolute Gasteiger partial charge is 0.497 e. The fourth-order valence-electron chi connectivity index (χ4n) is 2.82. The van der Waals surface area contributed by atoms with E-state index in [2.05, 4.69) is 33.1 Å². The maximum Gasteiger partial charge on any atom is 0.295 e. The number of benzene rings is 2. The molecular formula is C20H20BrN3O3. The molecule has 2 aromatic carbocycles. The normalized spacial score (nSPS) is 11.4. The maximum atomic E-state index is 12.3. The van der Waals surface area contributed by atoms with Crippen molar-refractivity contribution >= 4 is 38.4 Å². The number of halogens is 1. The molecule has 0 aliphatic carbocycles. The van der Waals surface area contributed by atoms with Gasteiger partial charge in [0.2, 0.25) is 5.88 Å². The number of aryl methyl sites for hydroxylation is 1. The highest BCUT2D eigenvalue weighted by molar-refractivity contribution is 9.10. The monoisotopic (exact) mass is 429 g/mol. The van der Waals surface area contributed by atoms with Gasteiger partial charge in [-0.15, -0.1) is 10.2 Å². The van der Waals surface area contributed by atoms with Gasteiger partial charge in [-0.05, 0) is 48.9 Å². The van der Waals surface area contributed by atoms with E-state index in [9.17, 15) is 9.90 Å². The Hall–Kier alpha value is -2.67. The van der Waals surface area contributed by atoms with Crippen molar-refractivity contribution in [1.29, 1.82) is 0 Å². The Morgan fingerprint density at radius 1 is 1.22 bits per heavy atom. The van der Waals surface area contributed by atoms with Crippen LogP contribution in [0.1, 0.15) is 30.1 Å². The number of unbranched alkanes of at least 4 members (excludes halogenated alkanes) is 1. The second-order valence-corrected chi connectivity index (χ2v) is 6.99. The van der Waals surface area contributed by atoms with Crippen LogP contribution >= 0.6 is 15.9 Å². The van der Waals surface area contributed by atoms with Gasteiger partial charge in [0, 0.05) is 22.0 Å². The number of carbonyl (C=O) groups excluding carboxylic acids is 1. The molecule has 3 rings (SSSR count). The summed E-state index contributed by atoms with van der Waals surface area (Å²) >= 11 is 3.33. The third-order valence-electron chi connectivity index (χ3n) is 4.28. The van der Waals surface area contributed by atoms with Crippen molar-refractivity contribution in [2.75, 3.05) is 7.11 Å². The van der Waals surface area contributed by atoms with Crippen molar-refractivity contribution in [3.63, 3.8) is 0 Å². The van der Waals surface area contributed by atoms with E-state index in [0.717, 1.165) is 22.8 Å². The van der Waals surface area contributed by atoms with Crippen LogP contribution in [0.2, 0.25) is 0 Å². The first-order valence-corrected chi connectivity index (χ1v) is 9.45. The van der Waals surface area contributed by atoms with Crippen LogP contribution in [-0.2, 0) is 6.54 Å². The molecule has 0 spiro atoms. The SMILES string of the molecule is CCCCn1c(O)c(N=NC(=O)c2ccc(Br)cc2)c2cc(OC)ccc21. The Bertz CT molecular complexity index is 994. The average Bonchev–Trinajstić information content (AvgIpc) is 2.95. The molecular weight excluding hydrogens is 410 g/mol. The topological polar surface area (TPSA) is 76.2 Å². The van der Waals surface area contributed by atoms with Gasteiger partial charge in [-0.1, -0.05) is 29.3 Å². The van der Waals surface area contributed by atoms with Gasteiger partial charge in [0.15, 0.2) is 5.69 Å². The van der Waals surface area contributed by atoms with Gasteiger partial charge in [-0.2, -0.15) is 0 Å². The zero-order valence-electron chi connectivity index (χ0n) is 15.1. The zero-order chi connectivity index (χ0) is 19.4. The molecule has 1 amide bonds. The predicted molar refractivity (Wildman–Crippen MR) is 108 cm³/mol. The summed E-state index contributed by atoms with van der Waals surface area (Å²) in [7, 11) is 1.58. The highest BCUT2D eigenvalue weighted by atomic mass is 79.9. The van der Waals surface area contributed by atoms with Gasteiger partial charge in [0.1, 0.15) is 5.75 Å². The van der Waals surface area contributed by atoms with E-state index in [1.54, 1.807) is 42.0 Å². The first-order chi connectivity index (χ1) is 13.0. The lowest BCUT2D eigenvalue weighted by Gasteiger charge is -2.05. The standard InChI is InChI=1S/C20H20BrN3O3/c1-3-4-11-24-17-10-9-15(27-2)12-16(17)18(20(24)26)22-23-19(25)13-5-7-14(21)8-6-13/h5-10,12,26H,3-4,11H2,1-2H3. The van der Waals surface area contributed by atoms with Gasteiger partial charge >= 0.3 is 0 Å². The molecule has 27 heavy (non-hydrogen) atoms. The minimum absolute atomic E-state index is 0.000871. The Morgan fingerprint density at radius 3 is 2.63 bits per heavy atom. The molecule has 0 bridgehead atoms. The van der Waals surface area contributed by atoms with Gasteiger partial charge < -0.3 is 14.4 Å². The summed E-state index contributed by atoms with van der Waals surface area (Å²) in [6.45, 7) is 2.74. The van der Waals surface area contributed by atoms with E-state index >= 15 is 0 Å². The van der Waals surface area contributed by atoms with E-state index < -0.39 is 5.91 Å². The van der Waals surface area contributed by atoms with Crippen LogP contribution in [-0.4, -0.2) is 22.7 Å². The number of methoxy groups -OCH3 is 1. The summed E-state index contributed by atoms with van der Waals surface area (Å²) in [5.74, 6) is 0.171. The van der Waals surface area contributed by atoms with E-state index in [0.29, 0.717) is 23.2 Å². The number of rotatable bonds is 6. The number of aromatic nitrogens is 1. The maximum absolute atomic E-state index is 12.3. The molecule has 1 N–H and O–H groups in total. The summed E-state index contributed by atoms with van der Waals surface area (Å²) in [4.78, 5) is 12.3. The molecule has 140 valence electrons. The highest BCUT2D eigenvalue weighted by Gasteiger charge is 2.17. The van der Waals surface area contributed by atoms with Gasteiger partial charge in [-0.25, -0.2) is 0 Å². The fourth-order valence-corrected chi connectivity index (χ4v) is 3.08. The van der Waals surface area contributed by atoms with Crippen LogP contribution in [0, 0.1) is 0 Å². The summed E-state index contributed by atoms with van der Waals surface area (Å²) < 4.78 is 7.94. The third kappa shape index (κ3) is 4.03. The lowest BCUT2D eigenvalue weighted by atomic mass is 10.2. The summed E-state index contributed by atoms with van der Waals surface area (Å²) in [6, 6.07) is 12.4. The number of fused-ring (bicyclic) bond motifs is 1. The number of hydrogen-bond acceptors (Lipinski definition) is 4. The molecule has 0 saturated heterocycles. The predicted octanol–water partition coefficient (Wildman–Crippen LogP) is 5.84. The molecule has 7 heteroatoms. The summed E-state index contributed by atoms with van der Waals surface area (Å²) in [6.07, 6.45) is 1.91. The molecule has 3 aromatic rings. The number of nitrogens with zero attached hydrogens (tertiary/aromatic N) is 3. The number of amides is 1. The van der Waals surface area contributed by atoms with Crippen LogP contribution < -0.4 is 4.74 Å². The minimum atomic E-state index is -0.473. The van der Waals surface area contributed by atoms with E-state index in [4.69, 9.17) is 4.74 Å². The Kier molecular flexibility index (Phi) is 5.91. The molecule has 0 unspecified atom stereocenters. The quantitative estimate of drug-likeness (QED) is 0.499. The number of ether oxygens (including phenoxy) is 1. The molecule has 1 aromatic heterocycles. The van der Waals surface area contributed by atoms with E-state index in [-0.39, 0.29) is 11.6 Å². The molecule has 0 atom stereocenters. The molecule has 0 radical (unpaired) electrons. The Labute approximate surface area is 165 Å². The lowest BCUT2D eigenvalue weighted by molar-refractivity contribution is 0.0995. The van der Waals surface area contributed by atoms with Crippen molar-refractivity contribution in [2.45, 2.75) is 26.3 Å². The van der Waals surface area contributed by atoms with Crippen LogP contribution in [0.15, 0.2) is 57.2 Å². The smallest absolute Gasteiger partial charge is 0.295 e. The molecule has 1 heterocycles. The zero-order valence-corrected chi connectivity index (χ0v) is 16.7. The van der Waals surface area contributed by atoms with Crippen LogP contribution in [0.25, 0.3) is 10.9 Å². The number of azo groups is 1. The first kappa shape index (κ1) is 19.1. The van der Waals surface area contributed by atoms with Crippen molar-refractivity contribution < 1.29 is 14.6 Å². The van der Waals surface area contributed by atoms with Crippen molar-refractivity contribution in [3.05, 3.63) is 52.5 Å². The second-order valence-electron chi connectivity index (χ2n) is 6.07. The van der Waals surface area contributed by atoms with E-state index in [1.165, 1.54) is 0 Å². The third-order valence-corrected chi connectivity index (χ3v) is 4.81. The molecule has 0 saturated carbocycles. The van der Waals surface area contributed by atoms with Gasteiger partial charge in [0.25, 0.3) is 5.91 Å². The summed E-state index contributed by atoms with van der Waals surface area (Å²) in [5.41, 5.74) is 1.52. The molecule has 6 nitrogen and oxygen atoms in total. The molecule has 0 aliphatic heterocycles. The van der Waals surface area contributed by atoms with Crippen LogP contribution in [0.3, 0.4) is 0 Å². The second kappa shape index (κ2) is 8.35. The van der Waals surface area contributed by atoms with Gasteiger partial charge in [-0.3, -0.25) is 4.79 Å². The number of carbonyl (C=O) groups is 1. The lowest BCUT2D eigenvalue weighted by Crippen LogP contribution is -1.96. The Morgan fingerprint density at radius 2 is 1.96 bits per heavy atom. The highest BCUT2D eigenvalue weighted by Crippen LogP contribution is 2.40. The van der Waals surface area contributed by atoms with Crippen molar-refractivity contribution in [2.24, 2.45) is 10.2 Å². The summed E-state index contributed by atoms with van der Waals surface area (Å²) in [5, 5.41) is 19.2. The molecule has 0 aliphatic rings. The van der Waals surface area contributed by atoms with E-state index in [1.807, 2.05) is 12.1 Å². The number of aromatic hydroxyl groups is 1. The molecule has 0 fully saturated rings. The Balaban J connectivity index is 2.02. The van der Waals surface area contributed by atoms with Crippen molar-refractivity contribution in [1.82, 2.24) is 4.57 Å². The van der Waals surface area contributed by atoms with Crippen LogP contribution in [0.4, 0.5) is 5.69 Å². The van der Waals surface area contributed by atoms with Crippen molar-refractivity contribution in [3.8, 4) is 11.6 Å². The first-order valence-electron chi connectivity index (χ1n) is 8.66. The van der Waals surface area contributed by atoms with Crippen LogP contribution in [0.5, 0.6) is 11.6 Å². The fraction of sp³-hybridized carbons (Fsp3) is 0.250. The van der Waals surface area contributed by atoms with Gasteiger partial charge in [0.05, 0.1) is 12.6 Å². The average molecular weight is 430 g/mol.